The molecule has 3 aromatic rings. The van der Waals surface area contributed by atoms with E-state index in [2.05, 4.69) is 27.1 Å². The summed E-state index contributed by atoms with van der Waals surface area (Å²) in [7, 11) is 3.36. The fourth-order valence-corrected chi connectivity index (χ4v) is 4.69. The number of aryl methyl sites for hydroxylation is 1. The summed E-state index contributed by atoms with van der Waals surface area (Å²) in [6.45, 7) is 6.08. The van der Waals surface area contributed by atoms with E-state index in [1.807, 2.05) is 28.8 Å². The van der Waals surface area contributed by atoms with Gasteiger partial charge in [-0.3, -0.25) is 9.59 Å². The number of nitrogens with one attached hydrogen (secondary N) is 1. The zero-order valence-corrected chi connectivity index (χ0v) is 20.4. The summed E-state index contributed by atoms with van der Waals surface area (Å²) in [5.74, 6) is 0.532. The number of anilines is 1. The zero-order valence-electron chi connectivity index (χ0n) is 18.0. The van der Waals surface area contributed by atoms with Gasteiger partial charge in [0.1, 0.15) is 10.7 Å². The quantitative estimate of drug-likeness (QED) is 0.361. The predicted octanol–water partition coefficient (Wildman–Crippen LogP) is 3.91. The summed E-state index contributed by atoms with van der Waals surface area (Å²) in [5.41, 5.74) is 1.65. The van der Waals surface area contributed by atoms with Crippen molar-refractivity contribution in [2.24, 2.45) is 0 Å². The molecule has 0 aliphatic carbocycles. The van der Waals surface area contributed by atoms with Gasteiger partial charge < -0.3 is 14.8 Å². The van der Waals surface area contributed by atoms with Crippen LogP contribution >= 0.6 is 34.7 Å². The van der Waals surface area contributed by atoms with Gasteiger partial charge in [0, 0.05) is 32.1 Å². The molecule has 32 heavy (non-hydrogen) atoms. The van der Waals surface area contributed by atoms with Crippen LogP contribution in [0.2, 0.25) is 5.02 Å². The molecule has 1 N–H and O–H groups in total. The van der Waals surface area contributed by atoms with Gasteiger partial charge in [-0.2, -0.15) is 0 Å². The average molecular weight is 491 g/mol. The van der Waals surface area contributed by atoms with Crippen molar-refractivity contribution in [3.05, 3.63) is 63.9 Å². The number of hydrogen-bond acceptors (Lipinski definition) is 7. The lowest BCUT2D eigenvalue weighted by molar-refractivity contribution is -0.113. The molecule has 2 aromatic heterocycles. The lowest BCUT2D eigenvalue weighted by atomic mass is 10.1. The number of nitrogens with zero attached hydrogens (tertiary/aromatic N) is 5. The van der Waals surface area contributed by atoms with Crippen LogP contribution in [0.1, 0.15) is 26.8 Å². The molecule has 3 rings (SSSR count). The fourth-order valence-electron chi connectivity index (χ4n) is 2.79. The van der Waals surface area contributed by atoms with Crippen LogP contribution in [0.25, 0.3) is 0 Å². The number of aromatic nitrogens is 4. The maximum atomic E-state index is 12.5. The number of thioether (sulfide) groups is 1. The maximum absolute atomic E-state index is 12.5. The smallest absolute Gasteiger partial charge is 0.265 e. The van der Waals surface area contributed by atoms with E-state index in [0.29, 0.717) is 38.8 Å². The number of halogens is 1. The summed E-state index contributed by atoms with van der Waals surface area (Å²) >= 11 is 8.40. The van der Waals surface area contributed by atoms with E-state index in [0.717, 1.165) is 22.7 Å². The van der Waals surface area contributed by atoms with Gasteiger partial charge in [0.2, 0.25) is 5.91 Å². The minimum Gasteiger partial charge on any atom is -0.344 e. The van der Waals surface area contributed by atoms with Gasteiger partial charge >= 0.3 is 0 Å². The van der Waals surface area contributed by atoms with E-state index in [-0.39, 0.29) is 17.6 Å². The van der Waals surface area contributed by atoms with Crippen LogP contribution in [0.5, 0.6) is 0 Å². The third-order valence-corrected chi connectivity index (χ3v) is 6.64. The second-order valence-corrected chi connectivity index (χ2v) is 9.45. The standard InChI is InChI=1S/C21H23ClN6O2S2/c1-5-10-28-16(11-14-6-8-15(22)9-7-14)25-26-21(28)31-12-17(29)24-20-23-13(2)18(32-20)19(30)27(3)4/h5-9H,1,10-12H2,2-4H3,(H,23,24,29). The van der Waals surface area contributed by atoms with Crippen molar-refractivity contribution in [3.8, 4) is 0 Å². The van der Waals surface area contributed by atoms with E-state index >= 15 is 0 Å². The Morgan fingerprint density at radius 3 is 2.66 bits per heavy atom. The molecule has 0 saturated carbocycles. The lowest BCUT2D eigenvalue weighted by Gasteiger charge is -2.08. The number of carbonyl (C=O) groups excluding carboxylic acids is 2. The van der Waals surface area contributed by atoms with E-state index < -0.39 is 0 Å². The van der Waals surface area contributed by atoms with Gasteiger partial charge in [0.15, 0.2) is 10.3 Å². The first-order valence-electron chi connectivity index (χ1n) is 9.67. The number of rotatable bonds is 9. The number of carbonyl (C=O) groups is 2. The number of allylic oxidation sites excluding steroid dienone is 1. The molecule has 0 atom stereocenters. The van der Waals surface area contributed by atoms with E-state index in [1.165, 1.54) is 16.7 Å². The summed E-state index contributed by atoms with van der Waals surface area (Å²) < 4.78 is 1.93. The molecule has 168 valence electrons. The highest BCUT2D eigenvalue weighted by Gasteiger charge is 2.19. The Morgan fingerprint density at radius 2 is 2.00 bits per heavy atom. The summed E-state index contributed by atoms with van der Waals surface area (Å²) in [5, 5.41) is 13.0. The molecule has 0 bridgehead atoms. The van der Waals surface area contributed by atoms with E-state index in [4.69, 9.17) is 11.6 Å². The lowest BCUT2D eigenvalue weighted by Crippen LogP contribution is -2.21. The summed E-state index contributed by atoms with van der Waals surface area (Å²) in [4.78, 5) is 30.9. The van der Waals surface area contributed by atoms with E-state index in [9.17, 15) is 9.59 Å². The molecule has 0 saturated heterocycles. The number of thiazole rings is 1. The molecule has 2 amide bonds. The topological polar surface area (TPSA) is 93.0 Å². The molecule has 8 nitrogen and oxygen atoms in total. The largest absolute Gasteiger partial charge is 0.344 e. The van der Waals surface area contributed by atoms with Crippen LogP contribution in [0.3, 0.4) is 0 Å². The Hall–Kier alpha value is -2.69. The molecule has 0 fully saturated rings. The zero-order chi connectivity index (χ0) is 23.3. The van der Waals surface area contributed by atoms with Crippen LogP contribution in [-0.2, 0) is 17.8 Å². The molecule has 0 aliphatic heterocycles. The monoisotopic (exact) mass is 490 g/mol. The van der Waals surface area contributed by atoms with Gasteiger partial charge in [-0.25, -0.2) is 4.98 Å². The number of benzene rings is 1. The van der Waals surface area contributed by atoms with Gasteiger partial charge in [-0.1, -0.05) is 52.9 Å². The highest BCUT2D eigenvalue weighted by molar-refractivity contribution is 7.99. The minimum atomic E-state index is -0.236. The Balaban J connectivity index is 1.65. The van der Waals surface area contributed by atoms with Gasteiger partial charge in [-0.15, -0.1) is 16.8 Å². The predicted molar refractivity (Wildman–Crippen MR) is 129 cm³/mol. The van der Waals surface area contributed by atoms with Gasteiger partial charge in [0.25, 0.3) is 5.91 Å². The first-order chi connectivity index (χ1) is 15.3. The molecule has 11 heteroatoms. The molecule has 0 unspecified atom stereocenters. The minimum absolute atomic E-state index is 0.131. The second kappa shape index (κ2) is 10.8. The molecular weight excluding hydrogens is 468 g/mol. The molecule has 1 aromatic carbocycles. The average Bonchev–Trinajstić information content (AvgIpc) is 3.30. The normalized spacial score (nSPS) is 10.8. The Kier molecular flexibility index (Phi) is 8.05. The fraction of sp³-hybridized carbons (Fsp3) is 0.286. The maximum Gasteiger partial charge on any atom is 0.265 e. The Morgan fingerprint density at radius 1 is 1.28 bits per heavy atom. The number of hydrogen-bond donors (Lipinski definition) is 1. The van der Waals surface area contributed by atoms with E-state index in [1.54, 1.807) is 27.1 Å². The van der Waals surface area contributed by atoms with Crippen LogP contribution < -0.4 is 5.32 Å². The van der Waals surface area contributed by atoms with Crippen molar-refractivity contribution in [1.82, 2.24) is 24.6 Å². The highest BCUT2D eigenvalue weighted by Crippen LogP contribution is 2.25. The van der Waals surface area contributed by atoms with Crippen LogP contribution in [0, 0.1) is 6.92 Å². The SMILES string of the molecule is C=CCn1c(Cc2ccc(Cl)cc2)nnc1SCC(=O)Nc1nc(C)c(C(=O)N(C)C)s1. The molecule has 2 heterocycles. The van der Waals surface area contributed by atoms with Crippen molar-refractivity contribution >= 4 is 51.6 Å². The van der Waals surface area contributed by atoms with Crippen LogP contribution in [0.15, 0.2) is 42.1 Å². The first-order valence-corrected chi connectivity index (χ1v) is 11.9. The molecule has 0 aliphatic rings. The summed E-state index contributed by atoms with van der Waals surface area (Å²) in [6, 6.07) is 7.56. The molecular formula is C21H23ClN6O2S2. The van der Waals surface area contributed by atoms with Crippen LogP contribution in [0.4, 0.5) is 5.13 Å². The number of amides is 2. The third-order valence-electron chi connectivity index (χ3n) is 4.36. The molecule has 0 spiro atoms. The van der Waals surface area contributed by atoms with Crippen molar-refractivity contribution in [2.75, 3.05) is 25.2 Å². The van der Waals surface area contributed by atoms with Crippen LogP contribution in [-0.4, -0.2) is 56.3 Å². The van der Waals surface area contributed by atoms with Crippen molar-refractivity contribution in [2.45, 2.75) is 25.0 Å². The highest BCUT2D eigenvalue weighted by atomic mass is 35.5. The second-order valence-electron chi connectivity index (χ2n) is 7.07. The Bertz CT molecular complexity index is 1120. The van der Waals surface area contributed by atoms with Gasteiger partial charge in [0.05, 0.1) is 11.4 Å². The first kappa shape index (κ1) is 24.0. The van der Waals surface area contributed by atoms with Crippen molar-refractivity contribution in [1.29, 1.82) is 0 Å². The third kappa shape index (κ3) is 5.96. The van der Waals surface area contributed by atoms with Gasteiger partial charge in [-0.05, 0) is 24.6 Å². The molecule has 0 radical (unpaired) electrons. The summed E-state index contributed by atoms with van der Waals surface area (Å²) in [6.07, 6.45) is 2.35. The van der Waals surface area contributed by atoms with Crippen molar-refractivity contribution < 1.29 is 9.59 Å². The van der Waals surface area contributed by atoms with Crippen molar-refractivity contribution in [3.63, 3.8) is 0 Å². The Labute approximate surface area is 199 Å².